The zero-order valence-electron chi connectivity index (χ0n) is 16.0. The van der Waals surface area contributed by atoms with Crippen LogP contribution in [0.4, 0.5) is 0 Å². The number of nitrogens with zero attached hydrogens (tertiary/aromatic N) is 4. The van der Waals surface area contributed by atoms with Gasteiger partial charge in [0.15, 0.2) is 5.82 Å². The van der Waals surface area contributed by atoms with Gasteiger partial charge in [0.25, 0.3) is 5.91 Å². The number of hydrogen-bond donors (Lipinski definition) is 0. The van der Waals surface area contributed by atoms with E-state index in [9.17, 15) is 13.2 Å². The van der Waals surface area contributed by atoms with Crippen molar-refractivity contribution in [2.24, 2.45) is 0 Å². The summed E-state index contributed by atoms with van der Waals surface area (Å²) in [6, 6.07) is 5.49. The molecule has 1 aromatic carbocycles. The van der Waals surface area contributed by atoms with Crippen molar-refractivity contribution in [3.05, 3.63) is 46.6 Å². The average Bonchev–Trinajstić information content (AvgIpc) is 2.92. The van der Waals surface area contributed by atoms with E-state index in [1.54, 1.807) is 11.8 Å². The van der Waals surface area contributed by atoms with E-state index >= 15 is 0 Å². The summed E-state index contributed by atoms with van der Waals surface area (Å²) in [5.41, 5.74) is 2.70. The number of hydrogen-bond acceptors (Lipinski definition) is 6. The van der Waals surface area contributed by atoms with Crippen molar-refractivity contribution in [1.82, 2.24) is 19.3 Å². The van der Waals surface area contributed by atoms with E-state index in [0.29, 0.717) is 36.8 Å². The van der Waals surface area contributed by atoms with E-state index < -0.39 is 10.0 Å². The standard InChI is InChI=1S/C18H24N4O4S/c1-12-7-13(2)9-15(8-12)18(23)21-10-16(11-21)22(27(4,24)25)6-5-17-19-14(3)26-20-17/h7-9,16H,5-6,10-11H2,1-4H3. The minimum Gasteiger partial charge on any atom is -0.340 e. The molecule has 0 atom stereocenters. The fourth-order valence-corrected chi connectivity index (χ4v) is 4.45. The Kier molecular flexibility index (Phi) is 5.34. The molecule has 0 bridgehead atoms. The number of aromatic nitrogens is 2. The minimum absolute atomic E-state index is 0.0692. The van der Waals surface area contributed by atoms with Crippen LogP contribution in [0.3, 0.4) is 0 Å². The van der Waals surface area contributed by atoms with Gasteiger partial charge in [0.05, 0.1) is 12.3 Å². The molecule has 27 heavy (non-hydrogen) atoms. The first-order valence-corrected chi connectivity index (χ1v) is 10.6. The Hall–Kier alpha value is -2.26. The summed E-state index contributed by atoms with van der Waals surface area (Å²) in [5, 5.41) is 3.80. The molecule has 0 spiro atoms. The van der Waals surface area contributed by atoms with E-state index in [1.807, 2.05) is 32.0 Å². The van der Waals surface area contributed by atoms with Crippen molar-refractivity contribution in [3.8, 4) is 0 Å². The lowest BCUT2D eigenvalue weighted by Crippen LogP contribution is -2.62. The first kappa shape index (κ1) is 19.5. The second kappa shape index (κ2) is 7.40. The summed E-state index contributed by atoms with van der Waals surface area (Å²) in [7, 11) is -3.41. The maximum atomic E-state index is 12.7. The fourth-order valence-electron chi connectivity index (χ4n) is 3.36. The van der Waals surface area contributed by atoms with Crippen molar-refractivity contribution in [2.75, 3.05) is 25.9 Å². The average molecular weight is 392 g/mol. The number of benzene rings is 1. The first-order chi connectivity index (χ1) is 12.6. The van der Waals surface area contributed by atoms with Crippen LogP contribution >= 0.6 is 0 Å². The molecule has 146 valence electrons. The van der Waals surface area contributed by atoms with Gasteiger partial charge in [-0.05, 0) is 26.0 Å². The number of sulfonamides is 1. The zero-order valence-corrected chi connectivity index (χ0v) is 16.8. The third-order valence-corrected chi connectivity index (χ3v) is 5.91. The summed E-state index contributed by atoms with van der Waals surface area (Å²) in [4.78, 5) is 18.4. The Morgan fingerprint density at radius 3 is 2.37 bits per heavy atom. The highest BCUT2D eigenvalue weighted by Gasteiger charge is 2.39. The molecule has 2 heterocycles. The molecule has 0 radical (unpaired) electrons. The molecule has 1 amide bonds. The second-order valence-corrected chi connectivity index (χ2v) is 9.03. The first-order valence-electron chi connectivity index (χ1n) is 8.77. The van der Waals surface area contributed by atoms with Crippen molar-refractivity contribution in [2.45, 2.75) is 33.2 Å². The topological polar surface area (TPSA) is 96.6 Å². The Labute approximate surface area is 159 Å². The lowest BCUT2D eigenvalue weighted by molar-refractivity contribution is 0.0454. The van der Waals surface area contributed by atoms with Gasteiger partial charge in [-0.3, -0.25) is 4.79 Å². The van der Waals surface area contributed by atoms with Gasteiger partial charge in [-0.15, -0.1) is 0 Å². The summed E-state index contributed by atoms with van der Waals surface area (Å²) < 4.78 is 30.7. The largest absolute Gasteiger partial charge is 0.340 e. The van der Waals surface area contributed by atoms with E-state index in [-0.39, 0.29) is 18.5 Å². The monoisotopic (exact) mass is 392 g/mol. The van der Waals surface area contributed by atoms with Crippen LogP contribution in [0.25, 0.3) is 0 Å². The van der Waals surface area contributed by atoms with Gasteiger partial charge in [0.2, 0.25) is 15.9 Å². The Morgan fingerprint density at radius 2 is 1.85 bits per heavy atom. The van der Waals surface area contributed by atoms with E-state index in [2.05, 4.69) is 10.1 Å². The van der Waals surface area contributed by atoms with Gasteiger partial charge in [-0.1, -0.05) is 22.3 Å². The molecule has 2 aromatic rings. The number of aryl methyl sites for hydroxylation is 3. The number of rotatable bonds is 6. The molecule has 1 fully saturated rings. The Morgan fingerprint density at radius 1 is 1.22 bits per heavy atom. The maximum Gasteiger partial charge on any atom is 0.253 e. The number of amides is 1. The predicted molar refractivity (Wildman–Crippen MR) is 99.9 cm³/mol. The SMILES string of the molecule is Cc1cc(C)cc(C(=O)N2CC(N(CCc3noc(C)n3)S(C)(=O)=O)C2)c1. The molecule has 0 saturated carbocycles. The van der Waals surface area contributed by atoms with Gasteiger partial charge in [-0.25, -0.2) is 8.42 Å². The van der Waals surface area contributed by atoms with Crippen LogP contribution in [-0.2, 0) is 16.4 Å². The molecule has 1 aromatic heterocycles. The lowest BCUT2D eigenvalue weighted by atomic mass is 10.0. The summed E-state index contributed by atoms with van der Waals surface area (Å²) in [5.74, 6) is 0.855. The molecular formula is C18H24N4O4S. The van der Waals surface area contributed by atoms with Crippen LogP contribution < -0.4 is 0 Å². The minimum atomic E-state index is -3.41. The molecule has 0 aliphatic carbocycles. The van der Waals surface area contributed by atoms with Gasteiger partial charge < -0.3 is 9.42 Å². The van der Waals surface area contributed by atoms with Crippen molar-refractivity contribution < 1.29 is 17.7 Å². The maximum absolute atomic E-state index is 12.7. The quantitative estimate of drug-likeness (QED) is 0.736. The molecule has 1 aliphatic heterocycles. The molecule has 1 saturated heterocycles. The molecule has 1 aliphatic rings. The van der Waals surface area contributed by atoms with Crippen LogP contribution in [0, 0.1) is 20.8 Å². The third-order valence-electron chi connectivity index (χ3n) is 4.58. The van der Waals surface area contributed by atoms with Crippen LogP contribution in [-0.4, -0.2) is 65.6 Å². The van der Waals surface area contributed by atoms with Crippen molar-refractivity contribution >= 4 is 15.9 Å². The summed E-state index contributed by atoms with van der Waals surface area (Å²) >= 11 is 0. The molecule has 8 nitrogen and oxygen atoms in total. The van der Waals surface area contributed by atoms with E-state index in [0.717, 1.165) is 11.1 Å². The normalized spacial score (nSPS) is 15.2. The highest BCUT2D eigenvalue weighted by molar-refractivity contribution is 7.88. The summed E-state index contributed by atoms with van der Waals surface area (Å²) in [6.45, 7) is 6.61. The number of likely N-dealkylation sites (tertiary alicyclic amines) is 1. The van der Waals surface area contributed by atoms with Crippen LogP contribution in [0.2, 0.25) is 0 Å². The van der Waals surface area contributed by atoms with Gasteiger partial charge >= 0.3 is 0 Å². The van der Waals surface area contributed by atoms with Crippen LogP contribution in [0.15, 0.2) is 22.7 Å². The second-order valence-electron chi connectivity index (χ2n) is 7.09. The van der Waals surface area contributed by atoms with Crippen molar-refractivity contribution in [1.29, 1.82) is 0 Å². The van der Waals surface area contributed by atoms with Gasteiger partial charge in [0, 0.05) is 38.5 Å². The number of carbonyl (C=O) groups is 1. The van der Waals surface area contributed by atoms with Crippen LogP contribution in [0.1, 0.15) is 33.2 Å². The highest BCUT2D eigenvalue weighted by Crippen LogP contribution is 2.21. The smallest absolute Gasteiger partial charge is 0.253 e. The molecular weight excluding hydrogens is 368 g/mol. The Bertz CT molecular complexity index is 928. The molecule has 0 unspecified atom stereocenters. The van der Waals surface area contributed by atoms with E-state index in [1.165, 1.54) is 10.6 Å². The molecule has 0 N–H and O–H groups in total. The number of carbonyl (C=O) groups excluding carboxylic acids is 1. The van der Waals surface area contributed by atoms with Gasteiger partial charge in [-0.2, -0.15) is 9.29 Å². The summed E-state index contributed by atoms with van der Waals surface area (Å²) in [6.07, 6.45) is 1.55. The Balaban J connectivity index is 1.64. The molecule has 3 rings (SSSR count). The molecule has 9 heteroatoms. The van der Waals surface area contributed by atoms with E-state index in [4.69, 9.17) is 4.52 Å². The van der Waals surface area contributed by atoms with Crippen molar-refractivity contribution in [3.63, 3.8) is 0 Å². The third kappa shape index (κ3) is 4.54. The fraction of sp³-hybridized carbons (Fsp3) is 0.500. The predicted octanol–water partition coefficient (Wildman–Crippen LogP) is 1.32. The lowest BCUT2D eigenvalue weighted by Gasteiger charge is -2.44. The van der Waals surface area contributed by atoms with Crippen LogP contribution in [0.5, 0.6) is 0 Å². The highest BCUT2D eigenvalue weighted by atomic mass is 32.2. The zero-order chi connectivity index (χ0) is 19.8. The van der Waals surface area contributed by atoms with Gasteiger partial charge in [0.1, 0.15) is 0 Å².